The molecule has 0 saturated carbocycles. The number of hydrogen-bond acceptors (Lipinski definition) is 4. The second-order valence-corrected chi connectivity index (χ2v) is 6.54. The molecule has 0 amide bonds. The van der Waals surface area contributed by atoms with E-state index in [2.05, 4.69) is 6.92 Å². The van der Waals surface area contributed by atoms with E-state index in [0.29, 0.717) is 0 Å². The Hall–Kier alpha value is -1.89. The van der Waals surface area contributed by atoms with E-state index in [-0.39, 0.29) is 6.54 Å². The summed E-state index contributed by atoms with van der Waals surface area (Å²) in [4.78, 5) is 33.0. The molecule has 0 saturated heterocycles. The van der Waals surface area contributed by atoms with Gasteiger partial charge in [0.25, 0.3) is 0 Å². The Morgan fingerprint density at radius 2 is 1.36 bits per heavy atom. The second-order valence-electron chi connectivity index (χ2n) is 6.54. The van der Waals surface area contributed by atoms with Gasteiger partial charge in [0.2, 0.25) is 0 Å². The number of nitrogens with zero attached hydrogens (tertiary/aromatic N) is 1. The minimum Gasteiger partial charge on any atom is -0.544 e. The lowest BCUT2D eigenvalue weighted by Gasteiger charge is -2.35. The fourth-order valence-electron chi connectivity index (χ4n) is 2.84. The van der Waals surface area contributed by atoms with Crippen molar-refractivity contribution in [2.24, 2.45) is 0 Å². The third-order valence-electron chi connectivity index (χ3n) is 4.04. The topological polar surface area (TPSA) is 115 Å². The minimum atomic E-state index is -1.46. The van der Waals surface area contributed by atoms with Crippen molar-refractivity contribution in [2.75, 3.05) is 26.2 Å². The van der Waals surface area contributed by atoms with Gasteiger partial charge in [-0.2, -0.15) is 0 Å². The van der Waals surface area contributed by atoms with Gasteiger partial charge in [0.15, 0.2) is 13.1 Å². The van der Waals surface area contributed by atoms with Gasteiger partial charge in [-0.15, -0.1) is 0 Å². The number of hydrogen-bond donors (Lipinski definition) is 2. The van der Waals surface area contributed by atoms with E-state index in [1.54, 1.807) is 6.08 Å². The van der Waals surface area contributed by atoms with Crippen LogP contribution < -0.4 is 5.11 Å². The van der Waals surface area contributed by atoms with Crippen LogP contribution in [0.25, 0.3) is 0 Å². The monoisotopic (exact) mass is 357 g/mol. The summed E-state index contributed by atoms with van der Waals surface area (Å²) in [7, 11) is 0. The van der Waals surface area contributed by atoms with Crippen LogP contribution in [-0.2, 0) is 14.4 Å². The molecule has 0 aliphatic heterocycles. The SMILES string of the molecule is CCCCCCCCC/C=C/C[N+](CC(=O)[O-])(CC(=O)O)CC(=O)O. The number of aliphatic carboxylic acids is 3. The molecular formula is C18H31NO6. The number of carboxylic acid groups (broad SMARTS) is 3. The number of quaternary nitrogens is 1. The summed E-state index contributed by atoms with van der Waals surface area (Å²) in [6.07, 6.45) is 12.7. The Morgan fingerprint density at radius 3 is 1.84 bits per heavy atom. The molecule has 0 aromatic carbocycles. The van der Waals surface area contributed by atoms with Gasteiger partial charge in [0, 0.05) is 0 Å². The second kappa shape index (κ2) is 13.4. The van der Waals surface area contributed by atoms with Crippen molar-refractivity contribution < 1.29 is 34.2 Å². The summed E-state index contributed by atoms with van der Waals surface area (Å²) < 4.78 is -0.583. The molecule has 144 valence electrons. The molecule has 0 unspecified atom stereocenters. The van der Waals surface area contributed by atoms with Crippen LogP contribution in [0.3, 0.4) is 0 Å². The largest absolute Gasteiger partial charge is 0.544 e. The van der Waals surface area contributed by atoms with E-state index in [0.717, 1.165) is 19.3 Å². The zero-order valence-electron chi connectivity index (χ0n) is 15.1. The van der Waals surface area contributed by atoms with Crippen molar-refractivity contribution >= 4 is 17.9 Å². The minimum absolute atomic E-state index is 0.0447. The van der Waals surface area contributed by atoms with Gasteiger partial charge in [-0.25, -0.2) is 9.59 Å². The van der Waals surface area contributed by atoms with Crippen LogP contribution in [0.4, 0.5) is 0 Å². The molecule has 0 bridgehead atoms. The van der Waals surface area contributed by atoms with Crippen LogP contribution in [0.2, 0.25) is 0 Å². The Balaban J connectivity index is 4.41. The van der Waals surface area contributed by atoms with Gasteiger partial charge in [-0.3, -0.25) is 4.48 Å². The van der Waals surface area contributed by atoms with Gasteiger partial charge in [-0.05, 0) is 18.9 Å². The Bertz CT molecular complexity index is 406. The van der Waals surface area contributed by atoms with E-state index in [1.807, 2.05) is 6.08 Å². The van der Waals surface area contributed by atoms with Gasteiger partial charge < -0.3 is 20.1 Å². The lowest BCUT2D eigenvalue weighted by molar-refractivity contribution is -0.903. The van der Waals surface area contributed by atoms with Crippen molar-refractivity contribution in [3.8, 4) is 0 Å². The molecule has 0 aromatic heterocycles. The molecule has 2 N–H and O–H groups in total. The summed E-state index contributed by atoms with van der Waals surface area (Å²) in [6, 6.07) is 0. The van der Waals surface area contributed by atoms with Crippen LogP contribution in [0, 0.1) is 0 Å². The molecular weight excluding hydrogens is 326 g/mol. The number of carbonyl (C=O) groups excluding carboxylic acids is 1. The molecule has 0 heterocycles. The highest BCUT2D eigenvalue weighted by Crippen LogP contribution is 2.10. The lowest BCUT2D eigenvalue weighted by atomic mass is 10.1. The molecule has 0 aliphatic carbocycles. The van der Waals surface area contributed by atoms with E-state index in [9.17, 15) is 19.5 Å². The molecule has 25 heavy (non-hydrogen) atoms. The molecule has 7 heteroatoms. The van der Waals surface area contributed by atoms with E-state index >= 15 is 0 Å². The summed E-state index contributed by atoms with van der Waals surface area (Å²) in [6.45, 7) is 0.450. The van der Waals surface area contributed by atoms with Crippen LogP contribution in [-0.4, -0.2) is 58.8 Å². The average Bonchev–Trinajstić information content (AvgIpc) is 2.47. The molecule has 0 spiro atoms. The highest BCUT2D eigenvalue weighted by Gasteiger charge is 2.32. The maximum Gasteiger partial charge on any atom is 0.359 e. The molecule has 7 nitrogen and oxygen atoms in total. The fourth-order valence-corrected chi connectivity index (χ4v) is 2.84. The Morgan fingerprint density at radius 1 is 0.840 bits per heavy atom. The number of rotatable bonds is 16. The van der Waals surface area contributed by atoms with Crippen molar-refractivity contribution in [1.82, 2.24) is 0 Å². The summed E-state index contributed by atoms with van der Waals surface area (Å²) in [5.74, 6) is -3.92. The summed E-state index contributed by atoms with van der Waals surface area (Å²) >= 11 is 0. The molecule has 0 aliphatic rings. The zero-order valence-corrected chi connectivity index (χ0v) is 15.1. The molecule has 0 rings (SSSR count). The molecule has 0 atom stereocenters. The van der Waals surface area contributed by atoms with Crippen molar-refractivity contribution in [3.05, 3.63) is 12.2 Å². The molecule has 0 radical (unpaired) electrons. The summed E-state index contributed by atoms with van der Waals surface area (Å²) in [5.41, 5.74) is 0. The maximum absolute atomic E-state index is 11.0. The van der Waals surface area contributed by atoms with Gasteiger partial charge >= 0.3 is 11.9 Å². The first-order valence-corrected chi connectivity index (χ1v) is 8.95. The normalized spacial score (nSPS) is 11.7. The van der Waals surface area contributed by atoms with Crippen LogP contribution >= 0.6 is 0 Å². The Labute approximate surface area is 149 Å². The van der Waals surface area contributed by atoms with E-state index < -0.39 is 42.0 Å². The predicted octanol–water partition coefficient (Wildman–Crippen LogP) is 1.42. The highest BCUT2D eigenvalue weighted by molar-refractivity contribution is 5.72. The van der Waals surface area contributed by atoms with Crippen LogP contribution in [0.5, 0.6) is 0 Å². The molecule has 0 aromatic rings. The standard InChI is InChI=1S/C18H31NO6/c1-2-3-4-5-6-7-8-9-10-11-12-19(13-16(20)21,14-17(22)23)15-18(24)25/h10-11H,2-9,12-15H2,1H3,(H2-,20,21,22,23,24,25)/b11-10+. The average molecular weight is 357 g/mol. The van der Waals surface area contributed by atoms with Gasteiger partial charge in [0.05, 0.1) is 12.5 Å². The third kappa shape index (κ3) is 13.1. The van der Waals surface area contributed by atoms with Crippen molar-refractivity contribution in [2.45, 2.75) is 58.3 Å². The van der Waals surface area contributed by atoms with Gasteiger partial charge in [-0.1, -0.05) is 51.5 Å². The van der Waals surface area contributed by atoms with Crippen molar-refractivity contribution in [1.29, 1.82) is 0 Å². The Kier molecular flexibility index (Phi) is 12.4. The molecule has 0 fully saturated rings. The first-order valence-electron chi connectivity index (χ1n) is 8.95. The smallest absolute Gasteiger partial charge is 0.359 e. The van der Waals surface area contributed by atoms with Crippen LogP contribution in [0.15, 0.2) is 12.2 Å². The van der Waals surface area contributed by atoms with Crippen LogP contribution in [0.1, 0.15) is 58.3 Å². The number of carboxylic acids is 3. The predicted molar refractivity (Wildman–Crippen MR) is 91.8 cm³/mol. The maximum atomic E-state index is 11.0. The van der Waals surface area contributed by atoms with Gasteiger partial charge in [0.1, 0.15) is 6.54 Å². The highest BCUT2D eigenvalue weighted by atomic mass is 16.4. The quantitative estimate of drug-likeness (QED) is 0.245. The van der Waals surface area contributed by atoms with Crippen molar-refractivity contribution in [3.63, 3.8) is 0 Å². The zero-order chi connectivity index (χ0) is 19.1. The first-order chi connectivity index (χ1) is 11.8. The number of carbonyl (C=O) groups is 3. The van der Waals surface area contributed by atoms with E-state index in [4.69, 9.17) is 10.2 Å². The summed E-state index contributed by atoms with van der Waals surface area (Å²) in [5, 5.41) is 28.9. The lowest BCUT2D eigenvalue weighted by Crippen LogP contribution is -2.58. The van der Waals surface area contributed by atoms with E-state index in [1.165, 1.54) is 32.1 Å². The fraction of sp³-hybridized carbons (Fsp3) is 0.722. The first kappa shape index (κ1) is 23.1. The third-order valence-corrected chi connectivity index (χ3v) is 4.04. The number of allylic oxidation sites excluding steroid dienone is 1. The number of unbranched alkanes of at least 4 members (excludes halogenated alkanes) is 7.